The zero-order valence-corrected chi connectivity index (χ0v) is 15.4. The molecule has 2 saturated heterocycles. The lowest BCUT2D eigenvalue weighted by Crippen LogP contribution is -2.39. The number of likely N-dealkylation sites (tertiary alicyclic amines) is 1. The molecule has 26 heavy (non-hydrogen) atoms. The van der Waals surface area contributed by atoms with Gasteiger partial charge in [-0.2, -0.15) is 0 Å². The Balaban J connectivity index is 1.44. The number of rotatable bonds is 6. The van der Waals surface area contributed by atoms with Crippen LogP contribution in [0.5, 0.6) is 0 Å². The summed E-state index contributed by atoms with van der Waals surface area (Å²) < 4.78 is 5.37. The van der Waals surface area contributed by atoms with Crippen LogP contribution in [0.3, 0.4) is 0 Å². The van der Waals surface area contributed by atoms with Crippen LogP contribution in [0.15, 0.2) is 24.3 Å². The van der Waals surface area contributed by atoms with E-state index in [0.29, 0.717) is 23.8 Å². The van der Waals surface area contributed by atoms with Gasteiger partial charge in [0, 0.05) is 32.7 Å². The molecule has 1 aromatic rings. The fraction of sp³-hybridized carbons (Fsp3) is 0.619. The third kappa shape index (κ3) is 5.07. The largest absolute Gasteiger partial charge is 0.478 e. The van der Waals surface area contributed by atoms with Gasteiger partial charge in [0.25, 0.3) is 0 Å². The topological polar surface area (TPSA) is 66.8 Å². The molecular formula is C21H29NO4. The predicted molar refractivity (Wildman–Crippen MR) is 99.2 cm³/mol. The molecule has 1 aromatic carbocycles. The first kappa shape index (κ1) is 18.9. The highest BCUT2D eigenvalue weighted by Gasteiger charge is 2.25. The fourth-order valence-corrected chi connectivity index (χ4v) is 4.13. The molecule has 2 aliphatic heterocycles. The quantitative estimate of drug-likeness (QED) is 0.846. The smallest absolute Gasteiger partial charge is 0.335 e. The van der Waals surface area contributed by atoms with Gasteiger partial charge in [-0.05, 0) is 62.0 Å². The Kier molecular flexibility index (Phi) is 6.67. The summed E-state index contributed by atoms with van der Waals surface area (Å²) in [5.41, 5.74) is 1.31. The summed E-state index contributed by atoms with van der Waals surface area (Å²) in [4.78, 5) is 25.8. The van der Waals surface area contributed by atoms with Gasteiger partial charge in [-0.1, -0.05) is 18.2 Å². The van der Waals surface area contributed by atoms with E-state index in [-0.39, 0.29) is 5.91 Å². The molecule has 5 heteroatoms. The number of ether oxygens (including phenoxy) is 1. The molecule has 142 valence electrons. The van der Waals surface area contributed by atoms with Crippen LogP contribution < -0.4 is 0 Å². The normalized spacial score (nSPS) is 19.5. The third-order valence-corrected chi connectivity index (χ3v) is 5.83. The Morgan fingerprint density at radius 2 is 1.73 bits per heavy atom. The van der Waals surface area contributed by atoms with E-state index in [1.165, 1.54) is 0 Å². The van der Waals surface area contributed by atoms with Crippen molar-refractivity contribution in [1.82, 2.24) is 4.90 Å². The van der Waals surface area contributed by atoms with Gasteiger partial charge in [0.1, 0.15) is 0 Å². The van der Waals surface area contributed by atoms with Crippen molar-refractivity contribution >= 4 is 11.9 Å². The Morgan fingerprint density at radius 1 is 1.04 bits per heavy atom. The zero-order chi connectivity index (χ0) is 18.4. The van der Waals surface area contributed by atoms with E-state index in [2.05, 4.69) is 0 Å². The van der Waals surface area contributed by atoms with Gasteiger partial charge >= 0.3 is 5.97 Å². The molecule has 5 nitrogen and oxygen atoms in total. The monoisotopic (exact) mass is 359 g/mol. The van der Waals surface area contributed by atoms with E-state index < -0.39 is 5.97 Å². The lowest BCUT2D eigenvalue weighted by atomic mass is 9.88. The van der Waals surface area contributed by atoms with Crippen molar-refractivity contribution in [3.05, 3.63) is 35.4 Å². The van der Waals surface area contributed by atoms with Gasteiger partial charge < -0.3 is 14.7 Å². The summed E-state index contributed by atoms with van der Waals surface area (Å²) in [5.74, 6) is 0.509. The first-order valence-corrected chi connectivity index (χ1v) is 9.80. The first-order chi connectivity index (χ1) is 12.6. The van der Waals surface area contributed by atoms with Crippen molar-refractivity contribution in [3.63, 3.8) is 0 Å². The van der Waals surface area contributed by atoms with Crippen LogP contribution in [-0.2, 0) is 16.0 Å². The number of carbonyl (C=O) groups excluding carboxylic acids is 1. The van der Waals surface area contributed by atoms with Crippen LogP contribution in [-0.4, -0.2) is 48.2 Å². The van der Waals surface area contributed by atoms with Gasteiger partial charge in [0.15, 0.2) is 0 Å². The third-order valence-electron chi connectivity index (χ3n) is 5.83. The highest BCUT2D eigenvalue weighted by Crippen LogP contribution is 2.25. The summed E-state index contributed by atoms with van der Waals surface area (Å²) >= 11 is 0. The molecule has 3 rings (SSSR count). The second-order valence-electron chi connectivity index (χ2n) is 7.59. The molecule has 0 radical (unpaired) electrons. The number of carbonyl (C=O) groups is 2. The van der Waals surface area contributed by atoms with Crippen LogP contribution in [0.1, 0.15) is 54.4 Å². The summed E-state index contributed by atoms with van der Waals surface area (Å²) in [5, 5.41) is 9.32. The van der Waals surface area contributed by atoms with Gasteiger partial charge in [-0.15, -0.1) is 0 Å². The minimum absolute atomic E-state index is 0.279. The molecule has 0 spiro atoms. The van der Waals surface area contributed by atoms with Crippen LogP contribution in [0.25, 0.3) is 0 Å². The number of amides is 1. The number of carboxylic acid groups (broad SMARTS) is 1. The van der Waals surface area contributed by atoms with E-state index in [1.54, 1.807) is 12.1 Å². The molecule has 1 N–H and O–H groups in total. The number of hydrogen-bond donors (Lipinski definition) is 1. The van der Waals surface area contributed by atoms with E-state index in [0.717, 1.165) is 70.4 Å². The van der Waals surface area contributed by atoms with E-state index in [4.69, 9.17) is 4.74 Å². The minimum atomic E-state index is -0.860. The Labute approximate surface area is 155 Å². The Bertz CT molecular complexity index is 616. The summed E-state index contributed by atoms with van der Waals surface area (Å²) in [6.07, 6.45) is 6.49. The van der Waals surface area contributed by atoms with Crippen molar-refractivity contribution in [2.24, 2.45) is 11.8 Å². The van der Waals surface area contributed by atoms with Crippen molar-refractivity contribution in [3.8, 4) is 0 Å². The number of carboxylic acids is 1. The second-order valence-corrected chi connectivity index (χ2v) is 7.59. The number of hydrogen-bond acceptors (Lipinski definition) is 3. The lowest BCUT2D eigenvalue weighted by molar-refractivity contribution is -0.133. The molecule has 2 fully saturated rings. The number of benzene rings is 1. The summed E-state index contributed by atoms with van der Waals surface area (Å²) in [7, 11) is 0. The molecule has 0 aliphatic carbocycles. The van der Waals surface area contributed by atoms with Crippen LogP contribution in [0.4, 0.5) is 0 Å². The average Bonchev–Trinajstić information content (AvgIpc) is 2.68. The zero-order valence-electron chi connectivity index (χ0n) is 15.4. The van der Waals surface area contributed by atoms with Crippen molar-refractivity contribution < 1.29 is 19.4 Å². The molecule has 1 amide bonds. The maximum atomic E-state index is 12.5. The van der Waals surface area contributed by atoms with Gasteiger partial charge in [0.2, 0.25) is 5.91 Å². The standard InChI is InChI=1S/C21H29NO4/c23-20(6-5-16-9-13-26-14-10-16)22-11-7-17(8-12-22)15-18-3-1-2-4-19(18)21(24)25/h1-4,16-17H,5-15H2,(H,24,25). The highest BCUT2D eigenvalue weighted by molar-refractivity contribution is 5.89. The number of piperidine rings is 1. The van der Waals surface area contributed by atoms with Crippen molar-refractivity contribution in [2.75, 3.05) is 26.3 Å². The Morgan fingerprint density at radius 3 is 2.42 bits per heavy atom. The molecular weight excluding hydrogens is 330 g/mol. The molecule has 0 aromatic heterocycles. The molecule has 0 bridgehead atoms. The highest BCUT2D eigenvalue weighted by atomic mass is 16.5. The summed E-state index contributed by atoms with van der Waals surface area (Å²) in [6.45, 7) is 3.27. The lowest BCUT2D eigenvalue weighted by Gasteiger charge is -2.33. The van der Waals surface area contributed by atoms with E-state index >= 15 is 0 Å². The van der Waals surface area contributed by atoms with Crippen molar-refractivity contribution in [2.45, 2.75) is 44.9 Å². The predicted octanol–water partition coefficient (Wildman–Crippen LogP) is 3.37. The molecule has 0 saturated carbocycles. The van der Waals surface area contributed by atoms with E-state index in [1.807, 2.05) is 17.0 Å². The molecule has 0 atom stereocenters. The van der Waals surface area contributed by atoms with Gasteiger partial charge in [0.05, 0.1) is 5.56 Å². The SMILES string of the molecule is O=C(O)c1ccccc1CC1CCN(C(=O)CCC2CCOCC2)CC1. The first-order valence-electron chi connectivity index (χ1n) is 9.80. The number of nitrogens with zero attached hydrogens (tertiary/aromatic N) is 1. The van der Waals surface area contributed by atoms with E-state index in [9.17, 15) is 14.7 Å². The van der Waals surface area contributed by atoms with Gasteiger partial charge in [-0.3, -0.25) is 4.79 Å². The van der Waals surface area contributed by atoms with Crippen LogP contribution >= 0.6 is 0 Å². The fourth-order valence-electron chi connectivity index (χ4n) is 4.13. The molecule has 0 unspecified atom stereocenters. The maximum absolute atomic E-state index is 12.5. The number of aromatic carboxylic acids is 1. The Hall–Kier alpha value is -1.88. The van der Waals surface area contributed by atoms with Crippen molar-refractivity contribution in [1.29, 1.82) is 0 Å². The van der Waals surface area contributed by atoms with Crippen LogP contribution in [0, 0.1) is 11.8 Å². The summed E-state index contributed by atoms with van der Waals surface area (Å²) in [6, 6.07) is 7.25. The van der Waals surface area contributed by atoms with Gasteiger partial charge in [-0.25, -0.2) is 4.79 Å². The minimum Gasteiger partial charge on any atom is -0.478 e. The second kappa shape index (κ2) is 9.17. The average molecular weight is 359 g/mol. The molecule has 2 aliphatic rings. The van der Waals surface area contributed by atoms with Crippen LogP contribution in [0.2, 0.25) is 0 Å². The maximum Gasteiger partial charge on any atom is 0.335 e. The molecule has 2 heterocycles.